The van der Waals surface area contributed by atoms with E-state index in [0.29, 0.717) is 16.4 Å². The molecular formula is C15H20N2O2S2. The second-order valence-corrected chi connectivity index (χ2v) is 8.18. The molecule has 0 aliphatic heterocycles. The lowest BCUT2D eigenvalue weighted by molar-refractivity contribution is 0.423. The van der Waals surface area contributed by atoms with Gasteiger partial charge >= 0.3 is 0 Å². The molecule has 1 saturated carbocycles. The average Bonchev–Trinajstić information content (AvgIpc) is 2.47. The van der Waals surface area contributed by atoms with Crippen LogP contribution in [0.3, 0.4) is 0 Å². The number of hydrogen-bond donors (Lipinski definition) is 1. The van der Waals surface area contributed by atoms with E-state index in [0.717, 1.165) is 19.3 Å². The van der Waals surface area contributed by atoms with Crippen molar-refractivity contribution in [2.24, 2.45) is 0 Å². The minimum Gasteiger partial charge on any atom is -0.212 e. The zero-order valence-electron chi connectivity index (χ0n) is 12.1. The van der Waals surface area contributed by atoms with Crippen molar-refractivity contribution in [3.05, 3.63) is 35.4 Å². The Balaban J connectivity index is 2.06. The third-order valence-electron chi connectivity index (χ3n) is 3.75. The summed E-state index contributed by atoms with van der Waals surface area (Å²) in [5, 5.41) is 9.23. The van der Waals surface area contributed by atoms with Crippen molar-refractivity contribution >= 4 is 21.8 Å². The molecule has 1 N–H and O–H groups in total. The minimum absolute atomic E-state index is 0.0258. The summed E-state index contributed by atoms with van der Waals surface area (Å²) in [5.41, 5.74) is 1.14. The van der Waals surface area contributed by atoms with E-state index in [1.54, 1.807) is 36.0 Å². The maximum atomic E-state index is 12.3. The Hall–Kier alpha value is -1.03. The van der Waals surface area contributed by atoms with E-state index in [1.807, 2.05) is 12.3 Å². The fourth-order valence-electron chi connectivity index (χ4n) is 2.74. The van der Waals surface area contributed by atoms with Crippen molar-refractivity contribution < 1.29 is 8.42 Å². The van der Waals surface area contributed by atoms with Gasteiger partial charge in [-0.2, -0.15) is 17.0 Å². The number of hydrogen-bond acceptors (Lipinski definition) is 4. The first kappa shape index (κ1) is 16.3. The number of nitrogens with one attached hydrogen (secondary N) is 1. The van der Waals surface area contributed by atoms with Crippen LogP contribution in [0.4, 0.5) is 0 Å². The second kappa shape index (κ2) is 7.30. The Morgan fingerprint density at radius 1 is 1.38 bits per heavy atom. The van der Waals surface area contributed by atoms with Crippen LogP contribution in [-0.4, -0.2) is 26.0 Å². The van der Waals surface area contributed by atoms with Gasteiger partial charge in [0.25, 0.3) is 0 Å². The normalized spacial score (nSPS) is 22.7. The molecule has 114 valence electrons. The van der Waals surface area contributed by atoms with Gasteiger partial charge in [0, 0.05) is 11.3 Å². The molecule has 0 bridgehead atoms. The number of rotatable bonds is 5. The molecule has 1 aliphatic carbocycles. The lowest BCUT2D eigenvalue weighted by Gasteiger charge is -2.30. The van der Waals surface area contributed by atoms with Crippen LogP contribution in [-0.2, 0) is 15.8 Å². The number of benzene rings is 1. The Morgan fingerprint density at radius 3 is 2.86 bits per heavy atom. The molecule has 0 saturated heterocycles. The van der Waals surface area contributed by atoms with E-state index in [-0.39, 0.29) is 11.8 Å². The van der Waals surface area contributed by atoms with E-state index < -0.39 is 10.0 Å². The zero-order valence-corrected chi connectivity index (χ0v) is 13.7. The largest absolute Gasteiger partial charge is 0.216 e. The van der Waals surface area contributed by atoms with Gasteiger partial charge in [-0.25, -0.2) is 13.1 Å². The highest BCUT2D eigenvalue weighted by molar-refractivity contribution is 7.99. The Morgan fingerprint density at radius 2 is 2.14 bits per heavy atom. The van der Waals surface area contributed by atoms with Crippen molar-refractivity contribution in [1.29, 1.82) is 5.26 Å². The third kappa shape index (κ3) is 4.73. The second-order valence-electron chi connectivity index (χ2n) is 5.35. The van der Waals surface area contributed by atoms with E-state index >= 15 is 0 Å². The van der Waals surface area contributed by atoms with Gasteiger partial charge in [0.2, 0.25) is 10.0 Å². The summed E-state index contributed by atoms with van der Waals surface area (Å²) in [6.07, 6.45) is 6.26. The van der Waals surface area contributed by atoms with E-state index in [2.05, 4.69) is 4.72 Å². The van der Waals surface area contributed by atoms with Crippen LogP contribution < -0.4 is 4.72 Å². The topological polar surface area (TPSA) is 70.0 Å². The fraction of sp³-hybridized carbons (Fsp3) is 0.533. The fourth-order valence-corrected chi connectivity index (χ4v) is 5.20. The summed E-state index contributed by atoms with van der Waals surface area (Å²) in [6.45, 7) is 0. The standard InChI is InChI=1S/C15H20N2O2S2/c1-20-15-8-3-2-7-14(15)17-21(18,19)11-13-6-4-5-12(9-13)10-16/h4-6,9,14-15,17H,2-3,7-8,11H2,1H3/t14-,15+/m0/s1. The maximum Gasteiger partial charge on any atom is 0.216 e. The summed E-state index contributed by atoms with van der Waals surface area (Å²) in [7, 11) is -3.37. The van der Waals surface area contributed by atoms with Gasteiger partial charge in [0.15, 0.2) is 0 Å². The van der Waals surface area contributed by atoms with Crippen molar-refractivity contribution in [3.63, 3.8) is 0 Å². The molecule has 2 atom stereocenters. The molecule has 0 heterocycles. The summed E-state index contributed by atoms with van der Waals surface area (Å²) in [4.78, 5) is 0. The Labute approximate surface area is 131 Å². The van der Waals surface area contributed by atoms with Gasteiger partial charge in [-0.3, -0.25) is 0 Å². The van der Waals surface area contributed by atoms with Crippen molar-refractivity contribution in [1.82, 2.24) is 4.72 Å². The molecule has 6 heteroatoms. The first-order chi connectivity index (χ1) is 10.0. The quantitative estimate of drug-likeness (QED) is 0.904. The van der Waals surface area contributed by atoms with Crippen LogP contribution in [0, 0.1) is 11.3 Å². The first-order valence-corrected chi connectivity index (χ1v) is 10.00. The van der Waals surface area contributed by atoms with Crippen molar-refractivity contribution in [2.75, 3.05) is 6.26 Å². The van der Waals surface area contributed by atoms with Crippen LogP contribution in [0.1, 0.15) is 36.8 Å². The molecule has 2 rings (SSSR count). The molecule has 1 fully saturated rings. The van der Waals surface area contributed by atoms with E-state index in [9.17, 15) is 8.42 Å². The number of sulfonamides is 1. The van der Waals surface area contributed by atoms with Crippen LogP contribution >= 0.6 is 11.8 Å². The molecule has 1 aromatic rings. The van der Waals surface area contributed by atoms with E-state index in [1.165, 1.54) is 6.42 Å². The summed E-state index contributed by atoms with van der Waals surface area (Å²) in [5.74, 6) is -0.0693. The van der Waals surface area contributed by atoms with Gasteiger partial charge < -0.3 is 0 Å². The number of nitriles is 1. The molecule has 0 amide bonds. The van der Waals surface area contributed by atoms with Gasteiger partial charge in [0.1, 0.15) is 0 Å². The summed E-state index contributed by atoms with van der Waals surface area (Å²) in [6, 6.07) is 8.82. The van der Waals surface area contributed by atoms with Crippen LogP contribution in [0.25, 0.3) is 0 Å². The predicted molar refractivity (Wildman–Crippen MR) is 86.5 cm³/mol. The number of nitrogens with zero attached hydrogens (tertiary/aromatic N) is 1. The smallest absolute Gasteiger partial charge is 0.212 e. The molecular weight excluding hydrogens is 304 g/mol. The lowest BCUT2D eigenvalue weighted by Crippen LogP contribution is -2.44. The molecule has 1 aliphatic rings. The molecule has 21 heavy (non-hydrogen) atoms. The van der Waals surface area contributed by atoms with Gasteiger partial charge in [0.05, 0.1) is 17.4 Å². The highest BCUT2D eigenvalue weighted by Gasteiger charge is 2.28. The number of thioether (sulfide) groups is 1. The Kier molecular flexibility index (Phi) is 5.68. The molecule has 0 spiro atoms. The predicted octanol–water partition coefficient (Wildman–Crippen LogP) is 2.65. The molecule has 1 aromatic carbocycles. The van der Waals surface area contributed by atoms with Crippen molar-refractivity contribution in [3.8, 4) is 6.07 Å². The van der Waals surface area contributed by atoms with Crippen LogP contribution in [0.2, 0.25) is 0 Å². The Bertz CT molecular complexity index is 623. The highest BCUT2D eigenvalue weighted by atomic mass is 32.2. The molecule has 0 radical (unpaired) electrons. The average molecular weight is 324 g/mol. The first-order valence-electron chi connectivity index (χ1n) is 7.06. The third-order valence-corrected chi connectivity index (χ3v) is 6.29. The zero-order chi connectivity index (χ0) is 15.3. The minimum atomic E-state index is -3.37. The highest BCUT2D eigenvalue weighted by Crippen LogP contribution is 2.27. The molecule has 0 aromatic heterocycles. The van der Waals surface area contributed by atoms with Gasteiger partial charge in [-0.1, -0.05) is 25.0 Å². The summed E-state index contributed by atoms with van der Waals surface area (Å²) < 4.78 is 27.5. The maximum absolute atomic E-state index is 12.3. The monoisotopic (exact) mass is 324 g/mol. The van der Waals surface area contributed by atoms with Gasteiger partial charge in [-0.15, -0.1) is 0 Å². The molecule has 4 nitrogen and oxygen atoms in total. The SMILES string of the molecule is CS[C@@H]1CCCC[C@@H]1NS(=O)(=O)Cc1cccc(C#N)c1. The van der Waals surface area contributed by atoms with Crippen LogP contribution in [0.15, 0.2) is 24.3 Å². The van der Waals surface area contributed by atoms with E-state index in [4.69, 9.17) is 5.26 Å². The van der Waals surface area contributed by atoms with Crippen LogP contribution in [0.5, 0.6) is 0 Å². The van der Waals surface area contributed by atoms with Crippen molar-refractivity contribution in [2.45, 2.75) is 42.7 Å². The summed E-state index contributed by atoms with van der Waals surface area (Å²) >= 11 is 1.74. The van der Waals surface area contributed by atoms with Gasteiger partial charge in [-0.05, 0) is 36.8 Å². The lowest BCUT2D eigenvalue weighted by atomic mass is 9.96. The molecule has 0 unspecified atom stereocenters.